The summed E-state index contributed by atoms with van der Waals surface area (Å²) in [5.41, 5.74) is 2.01. The minimum atomic E-state index is 0.156. The molecule has 0 unspecified atom stereocenters. The number of hydrogen-bond acceptors (Lipinski definition) is 3. The fourth-order valence-electron chi connectivity index (χ4n) is 1.69. The number of ether oxygens (including phenoxy) is 1. The molecule has 0 radical (unpaired) electrons. The Bertz CT molecular complexity index is 491. The molecule has 94 valence electrons. The Hall–Kier alpha value is -2.00. The lowest BCUT2D eigenvalue weighted by atomic mass is 10.1. The van der Waals surface area contributed by atoms with Crippen LogP contribution in [0, 0.1) is 0 Å². The Morgan fingerprint density at radius 3 is 2.39 bits per heavy atom. The molecule has 0 aliphatic heterocycles. The molecule has 0 spiro atoms. The first-order chi connectivity index (χ1) is 8.78. The number of phenolic OH excluding ortho intramolecular Hbond substituents is 1. The molecule has 3 heteroatoms. The highest BCUT2D eigenvalue weighted by Gasteiger charge is 1.98. The van der Waals surface area contributed by atoms with Gasteiger partial charge in [-0.15, -0.1) is 0 Å². The third-order valence-corrected chi connectivity index (χ3v) is 2.64. The number of aromatic hydroxyl groups is 1. The van der Waals surface area contributed by atoms with Gasteiger partial charge in [-0.3, -0.25) is 0 Å². The predicted molar refractivity (Wildman–Crippen MR) is 69.7 cm³/mol. The number of aliphatic hydroxyl groups excluding tert-OH is 1. The lowest BCUT2D eigenvalue weighted by Gasteiger charge is -2.07. The summed E-state index contributed by atoms with van der Waals surface area (Å²) in [4.78, 5) is 0. The average molecular weight is 244 g/mol. The molecule has 3 nitrogen and oxygen atoms in total. The third kappa shape index (κ3) is 3.50. The minimum absolute atomic E-state index is 0.156. The van der Waals surface area contributed by atoms with Gasteiger partial charge in [-0.2, -0.15) is 0 Å². The Balaban J connectivity index is 1.93. The summed E-state index contributed by atoms with van der Waals surface area (Å²) in [6.45, 7) is 0.581. The van der Waals surface area contributed by atoms with Crippen LogP contribution in [0.4, 0.5) is 0 Å². The van der Waals surface area contributed by atoms with E-state index in [1.165, 1.54) is 0 Å². The van der Waals surface area contributed by atoms with E-state index in [9.17, 15) is 5.11 Å². The molecular weight excluding hydrogens is 228 g/mol. The number of rotatable bonds is 5. The summed E-state index contributed by atoms with van der Waals surface area (Å²) in [5, 5.41) is 18.1. The quantitative estimate of drug-likeness (QED) is 0.849. The van der Waals surface area contributed by atoms with Crippen molar-refractivity contribution in [2.24, 2.45) is 0 Å². The smallest absolute Gasteiger partial charge is 0.119 e. The van der Waals surface area contributed by atoms with Gasteiger partial charge in [0.2, 0.25) is 0 Å². The van der Waals surface area contributed by atoms with Crippen molar-refractivity contribution in [3.8, 4) is 11.5 Å². The molecule has 0 aliphatic rings. The van der Waals surface area contributed by atoms with Crippen LogP contribution < -0.4 is 4.74 Å². The first-order valence-electron chi connectivity index (χ1n) is 5.88. The summed E-state index contributed by atoms with van der Waals surface area (Å²) < 4.78 is 5.61. The lowest BCUT2D eigenvalue weighted by molar-refractivity contribution is 0.298. The van der Waals surface area contributed by atoms with Gasteiger partial charge in [-0.25, -0.2) is 0 Å². The Labute approximate surface area is 106 Å². The van der Waals surface area contributed by atoms with Crippen molar-refractivity contribution in [3.63, 3.8) is 0 Å². The van der Waals surface area contributed by atoms with E-state index in [1.807, 2.05) is 30.3 Å². The molecule has 2 N–H and O–H groups in total. The summed E-state index contributed by atoms with van der Waals surface area (Å²) in [7, 11) is 0. The van der Waals surface area contributed by atoms with E-state index in [0.29, 0.717) is 13.0 Å². The average Bonchev–Trinajstić information content (AvgIpc) is 2.38. The van der Waals surface area contributed by atoms with E-state index in [0.717, 1.165) is 16.9 Å². The maximum atomic E-state index is 9.33. The van der Waals surface area contributed by atoms with Crippen LogP contribution in [0.25, 0.3) is 0 Å². The van der Waals surface area contributed by atoms with Crippen LogP contribution in [0.5, 0.6) is 11.5 Å². The normalized spacial score (nSPS) is 10.3. The van der Waals surface area contributed by atoms with Crippen molar-refractivity contribution < 1.29 is 14.9 Å². The minimum Gasteiger partial charge on any atom is -0.508 e. The highest BCUT2D eigenvalue weighted by atomic mass is 16.5. The Morgan fingerprint density at radius 2 is 1.72 bits per heavy atom. The van der Waals surface area contributed by atoms with Gasteiger partial charge in [-0.05, 0) is 41.8 Å². The van der Waals surface area contributed by atoms with Gasteiger partial charge in [0.25, 0.3) is 0 Å². The number of hydrogen-bond donors (Lipinski definition) is 2. The molecule has 0 bridgehead atoms. The van der Waals surface area contributed by atoms with Gasteiger partial charge in [0.15, 0.2) is 0 Å². The molecule has 2 aromatic rings. The first kappa shape index (κ1) is 12.5. The summed E-state index contributed by atoms with van der Waals surface area (Å²) >= 11 is 0. The summed E-state index contributed by atoms with van der Waals surface area (Å²) in [6.07, 6.45) is 0.660. The zero-order valence-electron chi connectivity index (χ0n) is 10.0. The highest BCUT2D eigenvalue weighted by Crippen LogP contribution is 2.16. The molecule has 0 amide bonds. The van der Waals surface area contributed by atoms with Crippen LogP contribution in [-0.4, -0.2) is 16.8 Å². The maximum Gasteiger partial charge on any atom is 0.119 e. The second-order valence-electron chi connectivity index (χ2n) is 4.08. The largest absolute Gasteiger partial charge is 0.508 e. The van der Waals surface area contributed by atoms with Crippen molar-refractivity contribution in [2.45, 2.75) is 13.0 Å². The van der Waals surface area contributed by atoms with Crippen molar-refractivity contribution in [1.29, 1.82) is 0 Å². The maximum absolute atomic E-state index is 9.33. The van der Waals surface area contributed by atoms with E-state index >= 15 is 0 Å². The van der Waals surface area contributed by atoms with Gasteiger partial charge >= 0.3 is 0 Å². The number of phenols is 1. The van der Waals surface area contributed by atoms with E-state index < -0.39 is 0 Å². The van der Waals surface area contributed by atoms with E-state index in [-0.39, 0.29) is 12.4 Å². The first-order valence-corrected chi connectivity index (χ1v) is 5.88. The standard InChI is InChI=1S/C15H16O3/c16-9-8-12-4-6-15(7-5-12)18-11-13-2-1-3-14(17)10-13/h1-7,10,16-17H,8-9,11H2. The number of aliphatic hydroxyl groups is 1. The molecule has 0 heterocycles. The molecule has 0 fully saturated rings. The van der Waals surface area contributed by atoms with Crippen LogP contribution in [-0.2, 0) is 13.0 Å². The third-order valence-electron chi connectivity index (χ3n) is 2.64. The molecule has 2 aromatic carbocycles. The zero-order valence-corrected chi connectivity index (χ0v) is 10.0. The molecule has 0 aromatic heterocycles. The molecule has 0 saturated carbocycles. The summed E-state index contributed by atoms with van der Waals surface area (Å²) in [6, 6.07) is 14.6. The lowest BCUT2D eigenvalue weighted by Crippen LogP contribution is -1.96. The summed E-state index contributed by atoms with van der Waals surface area (Å²) in [5.74, 6) is 1.02. The van der Waals surface area contributed by atoms with Gasteiger partial charge < -0.3 is 14.9 Å². The second kappa shape index (κ2) is 6.07. The fourth-order valence-corrected chi connectivity index (χ4v) is 1.69. The second-order valence-corrected chi connectivity index (χ2v) is 4.08. The molecular formula is C15H16O3. The van der Waals surface area contributed by atoms with Crippen molar-refractivity contribution >= 4 is 0 Å². The Kier molecular flexibility index (Phi) is 4.20. The molecule has 0 aliphatic carbocycles. The number of benzene rings is 2. The van der Waals surface area contributed by atoms with Crippen LogP contribution in [0.2, 0.25) is 0 Å². The van der Waals surface area contributed by atoms with E-state index in [1.54, 1.807) is 18.2 Å². The monoisotopic (exact) mass is 244 g/mol. The van der Waals surface area contributed by atoms with Crippen LogP contribution in [0.1, 0.15) is 11.1 Å². The van der Waals surface area contributed by atoms with Crippen molar-refractivity contribution in [3.05, 3.63) is 59.7 Å². The van der Waals surface area contributed by atoms with E-state index in [4.69, 9.17) is 9.84 Å². The molecule has 2 rings (SSSR count). The Morgan fingerprint density at radius 1 is 0.944 bits per heavy atom. The fraction of sp³-hybridized carbons (Fsp3) is 0.200. The highest BCUT2D eigenvalue weighted by molar-refractivity contribution is 5.29. The topological polar surface area (TPSA) is 49.7 Å². The van der Waals surface area contributed by atoms with Gasteiger partial charge in [0, 0.05) is 6.61 Å². The van der Waals surface area contributed by atoms with Crippen LogP contribution in [0.3, 0.4) is 0 Å². The molecule has 18 heavy (non-hydrogen) atoms. The molecule has 0 saturated heterocycles. The van der Waals surface area contributed by atoms with Gasteiger partial charge in [0.1, 0.15) is 18.1 Å². The van der Waals surface area contributed by atoms with Crippen LogP contribution in [0.15, 0.2) is 48.5 Å². The van der Waals surface area contributed by atoms with E-state index in [2.05, 4.69) is 0 Å². The van der Waals surface area contributed by atoms with Crippen molar-refractivity contribution in [2.75, 3.05) is 6.61 Å². The van der Waals surface area contributed by atoms with Gasteiger partial charge in [0.05, 0.1) is 0 Å². The van der Waals surface area contributed by atoms with Crippen LogP contribution >= 0.6 is 0 Å². The zero-order chi connectivity index (χ0) is 12.8. The SMILES string of the molecule is OCCc1ccc(OCc2cccc(O)c2)cc1. The van der Waals surface area contributed by atoms with Crippen molar-refractivity contribution in [1.82, 2.24) is 0 Å². The van der Waals surface area contributed by atoms with Gasteiger partial charge in [-0.1, -0.05) is 24.3 Å². The predicted octanol–water partition coefficient (Wildman–Crippen LogP) is 2.51. The molecule has 0 atom stereocenters.